The minimum atomic E-state index is -0.131. The Kier molecular flexibility index (Phi) is 3.72. The van der Waals surface area contributed by atoms with Crippen molar-refractivity contribution in [2.24, 2.45) is 7.05 Å². The van der Waals surface area contributed by atoms with Crippen LogP contribution in [0.5, 0.6) is 0 Å². The van der Waals surface area contributed by atoms with E-state index in [-0.39, 0.29) is 5.56 Å². The van der Waals surface area contributed by atoms with Gasteiger partial charge >= 0.3 is 0 Å². The number of rotatable bonds is 4. The molecule has 22 heavy (non-hydrogen) atoms. The monoisotopic (exact) mass is 299 g/mol. The molecule has 0 aliphatic carbocycles. The predicted molar refractivity (Wildman–Crippen MR) is 82.6 cm³/mol. The molecule has 0 amide bonds. The van der Waals surface area contributed by atoms with Crippen LogP contribution in [0, 0.1) is 6.92 Å². The molecule has 0 bridgehead atoms. The highest BCUT2D eigenvalue weighted by molar-refractivity contribution is 5.75. The van der Waals surface area contributed by atoms with Crippen LogP contribution in [0.1, 0.15) is 5.69 Å². The summed E-state index contributed by atoms with van der Waals surface area (Å²) < 4.78 is 8.45. The van der Waals surface area contributed by atoms with E-state index in [1.807, 2.05) is 20.0 Å². The number of methoxy groups -OCH3 is 1. The summed E-state index contributed by atoms with van der Waals surface area (Å²) in [6.45, 7) is 2.79. The second-order valence-electron chi connectivity index (χ2n) is 5.05. The summed E-state index contributed by atoms with van der Waals surface area (Å²) in [5, 5.41) is 4.92. The summed E-state index contributed by atoms with van der Waals surface area (Å²) in [6, 6.07) is 5.37. The molecule has 0 unspecified atom stereocenters. The maximum Gasteiger partial charge on any atom is 0.263 e. The molecule has 0 aliphatic heterocycles. The van der Waals surface area contributed by atoms with Crippen molar-refractivity contribution >= 4 is 11.0 Å². The van der Waals surface area contributed by atoms with E-state index in [9.17, 15) is 4.79 Å². The number of hydrogen-bond acceptors (Lipinski definition) is 5. The van der Waals surface area contributed by atoms with Gasteiger partial charge in [-0.15, -0.1) is 0 Å². The molecule has 114 valence electrons. The van der Waals surface area contributed by atoms with Crippen molar-refractivity contribution in [2.75, 3.05) is 13.7 Å². The van der Waals surface area contributed by atoms with Gasteiger partial charge in [0.1, 0.15) is 5.69 Å². The summed E-state index contributed by atoms with van der Waals surface area (Å²) in [5.41, 5.74) is 1.94. The maximum atomic E-state index is 12.7. The first kappa shape index (κ1) is 14.4. The van der Waals surface area contributed by atoms with Crippen molar-refractivity contribution in [3.8, 4) is 11.5 Å². The van der Waals surface area contributed by atoms with E-state index in [0.29, 0.717) is 35.7 Å². The van der Waals surface area contributed by atoms with Gasteiger partial charge in [-0.25, -0.2) is 9.97 Å². The topological polar surface area (TPSA) is 74.8 Å². The number of pyridine rings is 1. The summed E-state index contributed by atoms with van der Waals surface area (Å²) in [4.78, 5) is 21.4. The lowest BCUT2D eigenvalue weighted by Crippen LogP contribution is -2.25. The molecule has 0 saturated heterocycles. The van der Waals surface area contributed by atoms with E-state index >= 15 is 0 Å². The highest BCUT2D eigenvalue weighted by Crippen LogP contribution is 2.17. The molecule has 7 nitrogen and oxygen atoms in total. The number of aryl methyl sites for hydroxylation is 2. The third-order valence-electron chi connectivity index (χ3n) is 3.59. The van der Waals surface area contributed by atoms with E-state index < -0.39 is 0 Å². The first-order valence-corrected chi connectivity index (χ1v) is 6.97. The first-order valence-electron chi connectivity index (χ1n) is 6.97. The van der Waals surface area contributed by atoms with E-state index in [0.717, 1.165) is 5.69 Å². The Bertz CT molecular complexity index is 862. The summed E-state index contributed by atoms with van der Waals surface area (Å²) in [5.74, 6) is 0.511. The Morgan fingerprint density at radius 2 is 2.18 bits per heavy atom. The van der Waals surface area contributed by atoms with Crippen molar-refractivity contribution in [1.82, 2.24) is 24.3 Å². The van der Waals surface area contributed by atoms with Crippen LogP contribution in [-0.2, 0) is 18.3 Å². The average Bonchev–Trinajstić information content (AvgIpc) is 2.85. The smallest absolute Gasteiger partial charge is 0.263 e. The highest BCUT2D eigenvalue weighted by atomic mass is 16.5. The van der Waals surface area contributed by atoms with Gasteiger partial charge in [-0.1, -0.05) is 0 Å². The Morgan fingerprint density at radius 1 is 1.36 bits per heavy atom. The van der Waals surface area contributed by atoms with Gasteiger partial charge in [0.25, 0.3) is 5.56 Å². The molecule has 3 aromatic heterocycles. The fourth-order valence-corrected chi connectivity index (χ4v) is 2.31. The molecule has 0 spiro atoms. The summed E-state index contributed by atoms with van der Waals surface area (Å²) in [6.07, 6.45) is 1.63. The van der Waals surface area contributed by atoms with Crippen LogP contribution in [-0.4, -0.2) is 38.0 Å². The van der Waals surface area contributed by atoms with Crippen molar-refractivity contribution in [1.29, 1.82) is 0 Å². The average molecular weight is 299 g/mol. The van der Waals surface area contributed by atoms with Crippen LogP contribution in [0.3, 0.4) is 0 Å². The Balaban J connectivity index is 2.28. The standard InChI is InChI=1S/C15H17N5O2/c1-10-9-12(18-19(10)2)14-17-13-11(5-4-6-16-13)15(21)20(14)7-8-22-3/h4-6,9H,7-8H2,1-3H3. The molecule has 3 aromatic rings. The molecule has 0 radical (unpaired) electrons. The lowest BCUT2D eigenvalue weighted by atomic mass is 10.3. The molecule has 0 fully saturated rings. The second kappa shape index (κ2) is 5.69. The van der Waals surface area contributed by atoms with Gasteiger partial charge in [0.05, 0.1) is 18.5 Å². The SMILES string of the molecule is COCCn1c(-c2cc(C)n(C)n2)nc2ncccc2c1=O. The van der Waals surface area contributed by atoms with Crippen LogP contribution in [0.25, 0.3) is 22.6 Å². The highest BCUT2D eigenvalue weighted by Gasteiger charge is 2.16. The molecule has 3 rings (SSSR count). The van der Waals surface area contributed by atoms with Crippen LogP contribution < -0.4 is 5.56 Å². The largest absolute Gasteiger partial charge is 0.383 e. The van der Waals surface area contributed by atoms with Crippen molar-refractivity contribution in [3.63, 3.8) is 0 Å². The Morgan fingerprint density at radius 3 is 2.86 bits per heavy atom. The molecular weight excluding hydrogens is 282 g/mol. The third kappa shape index (κ3) is 2.39. The Hall–Kier alpha value is -2.54. The molecule has 7 heteroatoms. The van der Waals surface area contributed by atoms with E-state index in [1.54, 1.807) is 34.7 Å². The van der Waals surface area contributed by atoms with Crippen LogP contribution >= 0.6 is 0 Å². The summed E-state index contributed by atoms with van der Waals surface area (Å²) in [7, 11) is 3.46. The molecule has 0 aliphatic rings. The molecule has 0 aromatic carbocycles. The zero-order valence-electron chi connectivity index (χ0n) is 12.8. The maximum absolute atomic E-state index is 12.7. The van der Waals surface area contributed by atoms with Crippen molar-refractivity contribution in [2.45, 2.75) is 13.5 Å². The first-order chi connectivity index (χ1) is 10.6. The van der Waals surface area contributed by atoms with Crippen LogP contribution in [0.15, 0.2) is 29.2 Å². The Labute approximate surface area is 127 Å². The third-order valence-corrected chi connectivity index (χ3v) is 3.59. The van der Waals surface area contributed by atoms with Gasteiger partial charge in [-0.3, -0.25) is 14.0 Å². The lowest BCUT2D eigenvalue weighted by Gasteiger charge is -2.11. The number of nitrogens with zero attached hydrogens (tertiary/aromatic N) is 5. The van der Waals surface area contributed by atoms with Crippen LogP contribution in [0.2, 0.25) is 0 Å². The number of ether oxygens (including phenoxy) is 1. The fourth-order valence-electron chi connectivity index (χ4n) is 2.31. The van der Waals surface area contributed by atoms with Gasteiger partial charge in [-0.2, -0.15) is 5.10 Å². The van der Waals surface area contributed by atoms with Gasteiger partial charge < -0.3 is 4.74 Å². The molecule has 0 N–H and O–H groups in total. The lowest BCUT2D eigenvalue weighted by molar-refractivity contribution is 0.186. The number of fused-ring (bicyclic) bond motifs is 1. The molecular formula is C15H17N5O2. The van der Waals surface area contributed by atoms with Crippen molar-refractivity contribution < 1.29 is 4.74 Å². The minimum Gasteiger partial charge on any atom is -0.383 e. The minimum absolute atomic E-state index is 0.131. The van der Waals surface area contributed by atoms with Gasteiger partial charge in [0, 0.05) is 26.0 Å². The zero-order chi connectivity index (χ0) is 15.7. The number of aromatic nitrogens is 5. The zero-order valence-corrected chi connectivity index (χ0v) is 12.8. The van der Waals surface area contributed by atoms with E-state index in [1.165, 1.54) is 0 Å². The van der Waals surface area contributed by atoms with Crippen molar-refractivity contribution in [3.05, 3.63) is 40.4 Å². The molecule has 0 atom stereocenters. The predicted octanol–water partition coefficient (Wildman–Crippen LogP) is 1.15. The van der Waals surface area contributed by atoms with Gasteiger partial charge in [0.2, 0.25) is 0 Å². The molecule has 0 saturated carbocycles. The summed E-state index contributed by atoms with van der Waals surface area (Å²) >= 11 is 0. The second-order valence-corrected chi connectivity index (χ2v) is 5.05. The van der Waals surface area contributed by atoms with E-state index in [4.69, 9.17) is 4.74 Å². The normalized spacial score (nSPS) is 11.2. The quantitative estimate of drug-likeness (QED) is 0.722. The number of hydrogen-bond donors (Lipinski definition) is 0. The van der Waals surface area contributed by atoms with Gasteiger partial charge in [-0.05, 0) is 25.1 Å². The van der Waals surface area contributed by atoms with Gasteiger partial charge in [0.15, 0.2) is 11.5 Å². The van der Waals surface area contributed by atoms with E-state index in [2.05, 4.69) is 15.1 Å². The fraction of sp³-hybridized carbons (Fsp3) is 0.333. The molecule has 3 heterocycles. The van der Waals surface area contributed by atoms with Crippen LogP contribution in [0.4, 0.5) is 0 Å².